The number of likely N-dealkylation sites (N-methyl/N-ethyl adjacent to an activating group) is 3. The molecule has 0 saturated carbocycles. The second-order valence-electron chi connectivity index (χ2n) is 34.8. The van der Waals surface area contributed by atoms with Gasteiger partial charge in [0, 0.05) is 106 Å². The largest absolute Gasteiger partial charge is 0.508 e. The number of amides is 16. The normalized spacial score (nSPS) is 25.5. The Morgan fingerprint density at radius 3 is 1.66 bits per heavy atom. The van der Waals surface area contributed by atoms with Crippen molar-refractivity contribution in [3.05, 3.63) is 102 Å². The van der Waals surface area contributed by atoms with Gasteiger partial charge >= 0.3 is 0 Å². The highest BCUT2D eigenvalue weighted by Gasteiger charge is 2.47. The van der Waals surface area contributed by atoms with Gasteiger partial charge in [-0.05, 0) is 125 Å². The maximum atomic E-state index is 15.8. The van der Waals surface area contributed by atoms with Gasteiger partial charge in [-0.3, -0.25) is 76.7 Å². The molecule has 700 valence electrons. The summed E-state index contributed by atoms with van der Waals surface area (Å²) in [5.74, 6) is -14.9. The minimum absolute atomic E-state index is 0.0222. The quantitative estimate of drug-likeness (QED) is 0.0424. The standard InChI is InChI=1S/C89H130N20O18S/c1-13-15-26-69-81(120)98-62(36-49(3)4)78(117)103-68(76(115)95-45-73(92)112)47-128-48-74(113)96-65(38-52-29-31-55(110)32-30-52)84(123)105(10)51(7)75(114)104-89(8,9)88(127)108-35-21-28-70(108)82(121)102-67(42-91)80(119)100-64(37-50(5)6)86(125)109-46-56(111)41-72(109)83(122)99-63(39-53-43-93-59-24-19-17-22-57(53)59)79(118)97-61(33-34-90)77(116)101-66(40-54-44-94-60-25-20-18-23-58(54)60)85(124)107(12)71(27-16-14-2)87(126)106(69)11/h17-20,22-25,29-32,43-44,49-51,56,61-72,93-94,110-111H,13-16,21,26-28,33-42,45-48,90-91H2,1-12H3,(H2,92,112)(H,95,115)(H,96,113)(H,97,118)(H,98,120)(H,99,122)(H,100,119)(H,101,116)(H,102,121)(H,103,117)(H,104,114)/t51-,56+,61-,62-,63?,64-,65-,66-,67-,68-,69-,70-,71-,72-/m0/s1. The van der Waals surface area contributed by atoms with Crippen molar-refractivity contribution in [3.63, 3.8) is 0 Å². The maximum Gasteiger partial charge on any atom is 0.248 e. The summed E-state index contributed by atoms with van der Waals surface area (Å²) >= 11 is 0.834. The van der Waals surface area contributed by atoms with Crippen LogP contribution in [0.5, 0.6) is 5.75 Å². The Bertz CT molecular complexity index is 4770. The van der Waals surface area contributed by atoms with Crippen LogP contribution in [0.2, 0.25) is 0 Å². The van der Waals surface area contributed by atoms with Gasteiger partial charge in [0.2, 0.25) is 94.5 Å². The van der Waals surface area contributed by atoms with Gasteiger partial charge in [0.05, 0.1) is 18.4 Å². The lowest BCUT2D eigenvalue weighted by Crippen LogP contribution is -2.63. The lowest BCUT2D eigenvalue weighted by molar-refractivity contribution is -0.149. The van der Waals surface area contributed by atoms with Crippen LogP contribution in [0.25, 0.3) is 21.8 Å². The average molecular weight is 1800 g/mol. The zero-order chi connectivity index (χ0) is 94.1. The van der Waals surface area contributed by atoms with Crippen molar-refractivity contribution in [2.45, 2.75) is 249 Å². The average Bonchev–Trinajstić information content (AvgIpc) is 1.42. The minimum Gasteiger partial charge on any atom is -0.508 e. The van der Waals surface area contributed by atoms with Gasteiger partial charge in [-0.15, -0.1) is 11.8 Å². The van der Waals surface area contributed by atoms with Gasteiger partial charge in [0.25, 0.3) is 0 Å². The molecule has 0 radical (unpaired) electrons. The second kappa shape index (κ2) is 47.4. The lowest BCUT2D eigenvalue weighted by Gasteiger charge is -2.36. The van der Waals surface area contributed by atoms with Crippen molar-refractivity contribution in [1.82, 2.24) is 87.6 Å². The molecule has 0 aliphatic carbocycles. The molecule has 8 rings (SSSR count). The molecular weight excluding hydrogens is 1670 g/mol. The Labute approximate surface area is 749 Å². The first-order chi connectivity index (χ1) is 60.7. The molecule has 3 aliphatic heterocycles. The highest BCUT2D eigenvalue weighted by molar-refractivity contribution is 8.00. The number of para-hydroxylation sites is 2. The van der Waals surface area contributed by atoms with E-state index in [0.29, 0.717) is 70.6 Å². The van der Waals surface area contributed by atoms with Crippen molar-refractivity contribution in [2.24, 2.45) is 29.0 Å². The first-order valence-corrected chi connectivity index (χ1v) is 45.1. The van der Waals surface area contributed by atoms with Crippen LogP contribution in [0.4, 0.5) is 0 Å². The van der Waals surface area contributed by atoms with Gasteiger partial charge in [-0.2, -0.15) is 0 Å². The van der Waals surface area contributed by atoms with Crippen molar-refractivity contribution in [2.75, 3.05) is 65.4 Å². The van der Waals surface area contributed by atoms with E-state index in [1.165, 1.54) is 80.9 Å². The number of H-pyrrole nitrogens is 2. The monoisotopic (exact) mass is 1800 g/mol. The Balaban J connectivity index is 1.18. The number of nitrogens with zero attached hydrogens (tertiary/aromatic N) is 5. The van der Waals surface area contributed by atoms with E-state index >= 15 is 33.6 Å². The van der Waals surface area contributed by atoms with Crippen LogP contribution in [-0.2, 0) is 96.0 Å². The Morgan fingerprint density at radius 2 is 1.06 bits per heavy atom. The molecule has 14 atom stereocenters. The van der Waals surface area contributed by atoms with Gasteiger partial charge < -0.3 is 115 Å². The molecule has 128 heavy (non-hydrogen) atoms. The van der Waals surface area contributed by atoms with E-state index < -0.39 is 210 Å². The molecule has 5 aromatic rings. The molecule has 2 aromatic heterocycles. The molecule has 3 fully saturated rings. The predicted molar refractivity (Wildman–Crippen MR) is 480 cm³/mol. The summed E-state index contributed by atoms with van der Waals surface area (Å²) < 4.78 is 0. The molecule has 1 unspecified atom stereocenters. The first-order valence-electron chi connectivity index (χ1n) is 44.0. The number of primary amides is 1. The summed E-state index contributed by atoms with van der Waals surface area (Å²) in [7, 11) is 4.11. The smallest absolute Gasteiger partial charge is 0.248 e. The number of carbonyl (C=O) groups excluding carboxylic acids is 16. The minimum atomic E-state index is -1.78. The molecule has 0 spiro atoms. The van der Waals surface area contributed by atoms with E-state index in [9.17, 15) is 53.4 Å². The summed E-state index contributed by atoms with van der Waals surface area (Å²) in [4.78, 5) is 248. The topological polar surface area (TPSA) is 560 Å². The van der Waals surface area contributed by atoms with Crippen LogP contribution in [0.15, 0.2) is 85.2 Å². The molecule has 5 heterocycles. The number of phenols is 1. The number of aromatic amines is 2. The van der Waals surface area contributed by atoms with E-state index in [4.69, 9.17) is 17.2 Å². The van der Waals surface area contributed by atoms with Crippen molar-refractivity contribution in [1.29, 1.82) is 0 Å². The highest BCUT2D eigenvalue weighted by atomic mass is 32.2. The number of unbranched alkanes of at least 4 members (excludes halogenated alkanes) is 2. The number of aliphatic hydroxyl groups is 1. The Morgan fingerprint density at radius 1 is 0.555 bits per heavy atom. The molecule has 3 aliphatic rings. The molecule has 38 nitrogen and oxygen atoms in total. The highest BCUT2D eigenvalue weighted by Crippen LogP contribution is 2.29. The lowest BCUT2D eigenvalue weighted by atomic mass is 9.99. The number of aromatic hydroxyl groups is 1. The zero-order valence-corrected chi connectivity index (χ0v) is 76.0. The Hall–Kier alpha value is -11.7. The number of carbonyl (C=O) groups is 16. The van der Waals surface area contributed by atoms with Crippen LogP contribution >= 0.6 is 11.8 Å². The SMILES string of the molecule is CCCC[C@H]1C(=O)N(C)[C@@H](CCCC)C(=O)N[C@@H](CC(C)C)C(=O)N[C@H](C(=O)NCC(N)=O)CSCC(=O)N[C@@H](Cc2ccc(O)cc2)C(=O)N(C)[C@@H](C)C(=O)NC(C)(C)C(=O)N2CCC[C@H]2C(=O)N[C@@H](CN)C(=O)N[C@@H](CC(C)C)C(=O)N2C[C@H](O)C[C@H]2C(=O)NC(Cc2c[nH]c3ccccc23)C(=O)N[C@@H](CCN)C(=O)N[C@@H](Cc2c[nH]c3ccccc23)C(=O)N1C. The van der Waals surface area contributed by atoms with Crippen LogP contribution in [-0.4, -0.2) is 295 Å². The zero-order valence-electron chi connectivity index (χ0n) is 75.2. The number of hydrogen-bond donors (Lipinski definition) is 17. The van der Waals surface area contributed by atoms with E-state index in [1.54, 1.807) is 70.4 Å². The van der Waals surface area contributed by atoms with Gasteiger partial charge in [-0.1, -0.05) is 116 Å². The van der Waals surface area contributed by atoms with Crippen molar-refractivity contribution < 1.29 is 86.9 Å². The molecule has 39 heteroatoms. The van der Waals surface area contributed by atoms with Crippen LogP contribution in [0.3, 0.4) is 0 Å². The fourth-order valence-electron chi connectivity index (χ4n) is 16.3. The summed E-state index contributed by atoms with van der Waals surface area (Å²) in [6.45, 7) is 13.3. The molecule has 16 amide bonds. The summed E-state index contributed by atoms with van der Waals surface area (Å²) in [5, 5.41) is 50.1. The predicted octanol–water partition coefficient (Wildman–Crippen LogP) is -0.262. The number of fused-ring (bicyclic) bond motifs is 4. The number of aromatic nitrogens is 2. The number of benzene rings is 3. The van der Waals surface area contributed by atoms with Gasteiger partial charge in [-0.25, -0.2) is 0 Å². The number of rotatable bonds is 22. The number of thioether (sulfide) groups is 1. The fraction of sp³-hybridized carbons (Fsp3) is 0.573. The number of phenolic OH excluding ortho intramolecular Hbond substituents is 1. The number of nitrogens with one attached hydrogen (secondary N) is 12. The van der Waals surface area contributed by atoms with E-state index in [-0.39, 0.29) is 101 Å². The van der Waals surface area contributed by atoms with Gasteiger partial charge in [0.15, 0.2) is 0 Å². The maximum absolute atomic E-state index is 15.8. The fourth-order valence-corrected chi connectivity index (χ4v) is 17.1. The summed E-state index contributed by atoms with van der Waals surface area (Å²) in [6.07, 6.45) is 3.17. The second-order valence-corrected chi connectivity index (χ2v) is 35.9. The van der Waals surface area contributed by atoms with E-state index in [1.807, 2.05) is 32.0 Å². The molecular formula is C89H130N20O18S. The van der Waals surface area contributed by atoms with Crippen molar-refractivity contribution >= 4 is 128 Å². The summed E-state index contributed by atoms with van der Waals surface area (Å²) in [5.41, 5.74) is 19.1. The third kappa shape index (κ3) is 27.4. The van der Waals surface area contributed by atoms with Gasteiger partial charge in [0.1, 0.15) is 89.8 Å². The van der Waals surface area contributed by atoms with E-state index in [0.717, 1.165) is 21.6 Å². The van der Waals surface area contributed by atoms with Crippen LogP contribution in [0, 0.1) is 11.8 Å². The first kappa shape index (κ1) is 102. The van der Waals surface area contributed by atoms with E-state index in [2.05, 4.69) is 63.1 Å². The number of nitrogens with two attached hydrogens (primary N) is 3. The number of aliphatic hydroxyl groups excluding tert-OH is 1. The molecule has 3 saturated heterocycles. The van der Waals surface area contributed by atoms with Crippen molar-refractivity contribution in [3.8, 4) is 5.75 Å². The molecule has 20 N–H and O–H groups in total. The Kier molecular flexibility index (Phi) is 37.6. The third-order valence-electron chi connectivity index (χ3n) is 23.5. The van der Waals surface area contributed by atoms with Crippen LogP contribution in [0.1, 0.15) is 156 Å². The molecule has 3 aromatic carbocycles. The van der Waals surface area contributed by atoms with Crippen LogP contribution < -0.4 is 70.4 Å². The molecule has 0 bridgehead atoms. The third-order valence-corrected chi connectivity index (χ3v) is 24.5. The summed E-state index contributed by atoms with van der Waals surface area (Å²) in [6, 6.07) is 1.66. The number of hydrogen-bond acceptors (Lipinski definition) is 21.